The maximum absolute atomic E-state index is 11.6. The van der Waals surface area contributed by atoms with E-state index >= 15 is 0 Å². The molecule has 0 aromatic carbocycles. The summed E-state index contributed by atoms with van der Waals surface area (Å²) in [7, 11) is 0. The fraction of sp³-hybridized carbons (Fsp3) is 0.455. The maximum atomic E-state index is 11.6. The smallest absolute Gasteiger partial charge is 0.241 e. The number of carbonyl (C=O) groups is 1. The van der Waals surface area contributed by atoms with Crippen LogP contribution >= 0.6 is 0 Å². The maximum Gasteiger partial charge on any atom is 0.241 e. The third-order valence-corrected chi connectivity index (χ3v) is 3.03. The first-order valence-corrected chi connectivity index (χ1v) is 6.47. The normalized spacial score (nSPS) is 14.2. The minimum atomic E-state index is 0.0506. The van der Waals surface area contributed by atoms with Crippen LogP contribution in [0.15, 0.2) is 6.20 Å². The minimum Gasteiger partial charge on any atom is -0.369 e. The number of aromatic nitrogens is 4. The minimum absolute atomic E-state index is 0.0506. The highest BCUT2D eigenvalue weighted by Crippen LogP contribution is 2.20. The van der Waals surface area contributed by atoms with Gasteiger partial charge in [-0.2, -0.15) is 15.1 Å². The van der Waals surface area contributed by atoms with Gasteiger partial charge in [0.25, 0.3) is 0 Å². The summed E-state index contributed by atoms with van der Waals surface area (Å²) in [6.45, 7) is 0.486. The second-order valence-electron chi connectivity index (χ2n) is 4.69. The molecule has 9 heteroatoms. The Morgan fingerprint density at radius 1 is 1.45 bits per heavy atom. The predicted molar refractivity (Wildman–Crippen MR) is 73.8 cm³/mol. The Morgan fingerprint density at radius 2 is 2.30 bits per heavy atom. The third kappa shape index (κ3) is 2.77. The van der Waals surface area contributed by atoms with Gasteiger partial charge in [-0.15, -0.1) is 0 Å². The van der Waals surface area contributed by atoms with E-state index in [1.165, 1.54) is 0 Å². The summed E-state index contributed by atoms with van der Waals surface area (Å²) in [5.74, 6) is 6.24. The number of amides is 1. The SMILES string of the molecule is NNc1nc(NCCC(=O)NC2CC2)c2cn[nH]c2n1. The van der Waals surface area contributed by atoms with E-state index in [0.717, 1.165) is 18.2 Å². The second-order valence-corrected chi connectivity index (χ2v) is 4.69. The van der Waals surface area contributed by atoms with Gasteiger partial charge in [-0.05, 0) is 12.8 Å². The van der Waals surface area contributed by atoms with Crippen LogP contribution in [-0.4, -0.2) is 38.7 Å². The molecule has 3 rings (SSSR count). The number of nitrogens with one attached hydrogen (secondary N) is 4. The number of carbonyl (C=O) groups excluding carboxylic acids is 1. The van der Waals surface area contributed by atoms with Gasteiger partial charge in [-0.1, -0.05) is 0 Å². The van der Waals surface area contributed by atoms with Gasteiger partial charge in [0.1, 0.15) is 5.82 Å². The number of nitrogens with zero attached hydrogens (tertiary/aromatic N) is 3. The van der Waals surface area contributed by atoms with E-state index in [-0.39, 0.29) is 11.9 Å². The molecule has 0 radical (unpaired) electrons. The molecule has 2 heterocycles. The Morgan fingerprint density at radius 3 is 3.05 bits per heavy atom. The van der Waals surface area contributed by atoms with Crippen LogP contribution in [0.1, 0.15) is 19.3 Å². The van der Waals surface area contributed by atoms with Crippen molar-refractivity contribution in [1.29, 1.82) is 0 Å². The molecule has 20 heavy (non-hydrogen) atoms. The van der Waals surface area contributed by atoms with Gasteiger partial charge in [0.2, 0.25) is 11.9 Å². The Kier molecular flexibility index (Phi) is 3.33. The molecule has 2 aromatic rings. The molecule has 0 aliphatic heterocycles. The van der Waals surface area contributed by atoms with Crippen molar-refractivity contribution >= 4 is 28.7 Å². The molecule has 1 fully saturated rings. The molecule has 1 amide bonds. The summed E-state index contributed by atoms with van der Waals surface area (Å²) in [5.41, 5.74) is 2.97. The zero-order chi connectivity index (χ0) is 13.9. The Labute approximate surface area is 114 Å². The quantitative estimate of drug-likeness (QED) is 0.362. The van der Waals surface area contributed by atoms with E-state index in [9.17, 15) is 4.79 Å². The Balaban J connectivity index is 1.63. The van der Waals surface area contributed by atoms with Gasteiger partial charge in [-0.3, -0.25) is 15.3 Å². The van der Waals surface area contributed by atoms with Crippen LogP contribution in [-0.2, 0) is 4.79 Å². The summed E-state index contributed by atoms with van der Waals surface area (Å²) < 4.78 is 0. The van der Waals surface area contributed by atoms with Crippen LogP contribution < -0.4 is 21.9 Å². The highest BCUT2D eigenvalue weighted by molar-refractivity contribution is 5.87. The molecule has 0 atom stereocenters. The molecule has 0 unspecified atom stereocenters. The molecule has 0 saturated heterocycles. The largest absolute Gasteiger partial charge is 0.369 e. The number of hydrogen-bond acceptors (Lipinski definition) is 7. The lowest BCUT2D eigenvalue weighted by atomic mass is 10.3. The summed E-state index contributed by atoms with van der Waals surface area (Å²) >= 11 is 0. The topological polar surface area (TPSA) is 134 Å². The van der Waals surface area contributed by atoms with Crippen LogP contribution in [0.3, 0.4) is 0 Å². The lowest BCUT2D eigenvalue weighted by molar-refractivity contribution is -0.120. The van der Waals surface area contributed by atoms with Crippen molar-refractivity contribution in [1.82, 2.24) is 25.5 Å². The predicted octanol–water partition coefficient (Wildman–Crippen LogP) is -0.281. The zero-order valence-corrected chi connectivity index (χ0v) is 10.8. The number of nitrogen functional groups attached to an aromatic ring is 1. The van der Waals surface area contributed by atoms with Crippen molar-refractivity contribution in [3.63, 3.8) is 0 Å². The third-order valence-electron chi connectivity index (χ3n) is 3.03. The molecular formula is C11H16N8O. The van der Waals surface area contributed by atoms with Gasteiger partial charge in [-0.25, -0.2) is 5.84 Å². The van der Waals surface area contributed by atoms with Crippen molar-refractivity contribution in [2.45, 2.75) is 25.3 Å². The van der Waals surface area contributed by atoms with Crippen LogP contribution in [0.5, 0.6) is 0 Å². The molecule has 9 nitrogen and oxygen atoms in total. The van der Waals surface area contributed by atoms with Crippen molar-refractivity contribution in [3.05, 3.63) is 6.20 Å². The van der Waals surface area contributed by atoms with E-state index in [2.05, 4.69) is 36.2 Å². The standard InChI is InChI=1S/C11H16N8O/c12-18-11-16-9(7-5-14-19-10(7)17-11)13-4-3-8(20)15-6-1-2-6/h5-6H,1-4,12H2,(H,15,20)(H3,13,14,16,17,18,19). The monoisotopic (exact) mass is 276 g/mol. The van der Waals surface area contributed by atoms with E-state index in [4.69, 9.17) is 5.84 Å². The zero-order valence-electron chi connectivity index (χ0n) is 10.8. The Bertz CT molecular complexity index is 620. The van der Waals surface area contributed by atoms with Gasteiger partial charge >= 0.3 is 0 Å². The average Bonchev–Trinajstić information content (AvgIpc) is 3.12. The van der Waals surface area contributed by atoms with Crippen molar-refractivity contribution in [2.24, 2.45) is 5.84 Å². The molecule has 1 aliphatic carbocycles. The molecule has 1 saturated carbocycles. The lowest BCUT2D eigenvalue weighted by Gasteiger charge is -2.08. The first-order chi connectivity index (χ1) is 9.76. The number of H-pyrrole nitrogens is 1. The molecule has 6 N–H and O–H groups in total. The molecule has 0 spiro atoms. The molecule has 1 aliphatic rings. The van der Waals surface area contributed by atoms with E-state index in [0.29, 0.717) is 30.5 Å². The fourth-order valence-electron chi connectivity index (χ4n) is 1.86. The summed E-state index contributed by atoms with van der Waals surface area (Å²) in [6, 6.07) is 0.384. The van der Waals surface area contributed by atoms with Crippen LogP contribution in [0.2, 0.25) is 0 Å². The molecule has 0 bridgehead atoms. The average molecular weight is 276 g/mol. The number of rotatable bonds is 6. The first kappa shape index (κ1) is 12.6. The molecule has 2 aromatic heterocycles. The Hall–Kier alpha value is -2.42. The van der Waals surface area contributed by atoms with Gasteiger partial charge in [0.15, 0.2) is 5.65 Å². The molecular weight excluding hydrogens is 260 g/mol. The van der Waals surface area contributed by atoms with Gasteiger partial charge < -0.3 is 10.6 Å². The number of aromatic amines is 1. The summed E-state index contributed by atoms with van der Waals surface area (Å²) in [5, 5.41) is 13.5. The fourth-order valence-corrected chi connectivity index (χ4v) is 1.86. The number of fused-ring (bicyclic) bond motifs is 1. The lowest BCUT2D eigenvalue weighted by Crippen LogP contribution is -2.27. The highest BCUT2D eigenvalue weighted by atomic mass is 16.1. The van der Waals surface area contributed by atoms with E-state index < -0.39 is 0 Å². The van der Waals surface area contributed by atoms with Crippen molar-refractivity contribution in [3.8, 4) is 0 Å². The number of hydrazine groups is 1. The van der Waals surface area contributed by atoms with Crippen LogP contribution in [0.4, 0.5) is 11.8 Å². The molecule has 106 valence electrons. The van der Waals surface area contributed by atoms with E-state index in [1.807, 2.05) is 0 Å². The van der Waals surface area contributed by atoms with Crippen LogP contribution in [0, 0.1) is 0 Å². The van der Waals surface area contributed by atoms with Crippen molar-refractivity contribution < 1.29 is 4.79 Å². The summed E-state index contributed by atoms with van der Waals surface area (Å²) in [6.07, 6.45) is 4.20. The second kappa shape index (κ2) is 5.29. The van der Waals surface area contributed by atoms with Gasteiger partial charge in [0, 0.05) is 19.0 Å². The summed E-state index contributed by atoms with van der Waals surface area (Å²) in [4.78, 5) is 19.9. The van der Waals surface area contributed by atoms with E-state index in [1.54, 1.807) is 6.20 Å². The number of anilines is 2. The van der Waals surface area contributed by atoms with Crippen molar-refractivity contribution in [2.75, 3.05) is 17.3 Å². The highest BCUT2D eigenvalue weighted by Gasteiger charge is 2.22. The van der Waals surface area contributed by atoms with Crippen LogP contribution in [0.25, 0.3) is 11.0 Å². The number of nitrogens with two attached hydrogens (primary N) is 1. The first-order valence-electron chi connectivity index (χ1n) is 6.47. The van der Waals surface area contributed by atoms with Gasteiger partial charge in [0.05, 0.1) is 11.6 Å². The number of hydrogen-bond donors (Lipinski definition) is 5.